The molecule has 1 fully saturated rings. The molecule has 176 valence electrons. The summed E-state index contributed by atoms with van der Waals surface area (Å²) in [6.07, 6.45) is 1.52. The maximum absolute atomic E-state index is 12.8. The van der Waals surface area contributed by atoms with Crippen molar-refractivity contribution in [3.05, 3.63) is 59.7 Å². The molecule has 33 heavy (non-hydrogen) atoms. The monoisotopic (exact) mass is 454 g/mol. The highest BCUT2D eigenvalue weighted by Gasteiger charge is 2.36. The molecule has 4 rings (SSSR count). The lowest BCUT2D eigenvalue weighted by Crippen LogP contribution is -2.51. The number of esters is 1. The summed E-state index contributed by atoms with van der Waals surface area (Å²) in [5.74, 6) is 0.904. The van der Waals surface area contributed by atoms with Crippen LogP contribution in [0.5, 0.6) is 5.75 Å². The zero-order chi connectivity index (χ0) is 23.2. The quantitative estimate of drug-likeness (QED) is 0.592. The summed E-state index contributed by atoms with van der Waals surface area (Å²) in [6.45, 7) is 8.18. The maximum Gasteiger partial charge on any atom is 0.338 e. The summed E-state index contributed by atoms with van der Waals surface area (Å²) in [5.41, 5.74) is 2.00. The van der Waals surface area contributed by atoms with Gasteiger partial charge in [-0.2, -0.15) is 0 Å². The van der Waals surface area contributed by atoms with Gasteiger partial charge >= 0.3 is 12.0 Å². The maximum atomic E-state index is 12.8. The first-order chi connectivity index (χ1) is 16.1. The summed E-state index contributed by atoms with van der Waals surface area (Å²) in [6, 6.07) is 10.5. The number of benzene rings is 1. The van der Waals surface area contributed by atoms with Crippen molar-refractivity contribution in [2.75, 3.05) is 50.8 Å². The molecule has 9 heteroatoms. The molecule has 2 aliphatic heterocycles. The van der Waals surface area contributed by atoms with Gasteiger partial charge in [0, 0.05) is 38.4 Å². The van der Waals surface area contributed by atoms with Gasteiger partial charge in [-0.15, -0.1) is 0 Å². The summed E-state index contributed by atoms with van der Waals surface area (Å²) >= 11 is 0. The Labute approximate surface area is 193 Å². The highest BCUT2D eigenvalue weighted by Crippen LogP contribution is 2.30. The van der Waals surface area contributed by atoms with E-state index in [-0.39, 0.29) is 12.6 Å². The van der Waals surface area contributed by atoms with Gasteiger partial charge in [-0.05, 0) is 38.1 Å². The second-order valence-electron chi connectivity index (χ2n) is 7.82. The van der Waals surface area contributed by atoms with Gasteiger partial charge in [0.2, 0.25) is 0 Å². The van der Waals surface area contributed by atoms with E-state index in [9.17, 15) is 9.59 Å². The number of hydrogen-bond donors (Lipinski definition) is 2. The van der Waals surface area contributed by atoms with Crippen LogP contribution < -0.4 is 20.3 Å². The van der Waals surface area contributed by atoms with E-state index in [1.807, 2.05) is 25.1 Å². The number of ether oxygens (including phenoxy) is 2. The minimum atomic E-state index is -0.692. The van der Waals surface area contributed by atoms with Crippen molar-refractivity contribution in [3.63, 3.8) is 0 Å². The van der Waals surface area contributed by atoms with Gasteiger partial charge in [-0.1, -0.05) is 12.1 Å². The molecular weight excluding hydrogens is 424 g/mol. The first-order valence-corrected chi connectivity index (χ1v) is 11.3. The van der Waals surface area contributed by atoms with E-state index >= 15 is 0 Å². The smallest absolute Gasteiger partial charge is 0.338 e. The molecule has 0 radical (unpaired) electrons. The summed E-state index contributed by atoms with van der Waals surface area (Å²) < 4.78 is 16.6. The predicted octanol–water partition coefficient (Wildman–Crippen LogP) is 2.67. The predicted molar refractivity (Wildman–Crippen MR) is 123 cm³/mol. The van der Waals surface area contributed by atoms with E-state index in [4.69, 9.17) is 13.9 Å². The van der Waals surface area contributed by atoms with Crippen molar-refractivity contribution >= 4 is 17.7 Å². The van der Waals surface area contributed by atoms with Crippen molar-refractivity contribution in [2.45, 2.75) is 19.9 Å². The number of amides is 2. The summed E-state index contributed by atoms with van der Waals surface area (Å²) in [7, 11) is 0. The van der Waals surface area contributed by atoms with E-state index in [1.54, 1.807) is 19.1 Å². The third-order valence-corrected chi connectivity index (χ3v) is 5.74. The van der Waals surface area contributed by atoms with Crippen molar-refractivity contribution in [1.82, 2.24) is 15.5 Å². The first kappa shape index (κ1) is 22.7. The van der Waals surface area contributed by atoms with Crippen LogP contribution in [-0.4, -0.2) is 62.8 Å². The number of rotatable bonds is 8. The van der Waals surface area contributed by atoms with Crippen molar-refractivity contribution in [2.24, 2.45) is 0 Å². The van der Waals surface area contributed by atoms with Crippen LogP contribution >= 0.6 is 0 Å². The Morgan fingerprint density at radius 3 is 2.58 bits per heavy atom. The normalized spacial score (nSPS) is 19.2. The Bertz CT molecular complexity index is 996. The molecule has 1 aromatic heterocycles. The molecule has 2 amide bonds. The average Bonchev–Trinajstić information content (AvgIpc) is 3.35. The number of piperazine rings is 1. The second-order valence-corrected chi connectivity index (χ2v) is 7.82. The third-order valence-electron chi connectivity index (χ3n) is 5.74. The van der Waals surface area contributed by atoms with Gasteiger partial charge in [-0.3, -0.25) is 4.90 Å². The molecule has 0 bridgehead atoms. The SMILES string of the molecule is CCOC(=O)C1=C(CN2CCN(c3ccccc3OCC)CC2)NC(=O)N[C@H]1c1ccco1. The Balaban J connectivity index is 1.51. The standard InChI is InChI=1S/C24H30N4O5/c1-3-31-19-9-6-5-8-18(19)28-13-11-27(12-14-28)16-17-21(23(29)32-4-2)22(26-24(30)25-17)20-10-7-15-33-20/h5-10,15,22H,3-4,11-14,16H2,1-2H3,(H2,25,26,30)/t22-/m0/s1. The van der Waals surface area contributed by atoms with Crippen LogP contribution in [0.15, 0.2) is 58.3 Å². The molecule has 1 aromatic carbocycles. The lowest BCUT2D eigenvalue weighted by Gasteiger charge is -2.38. The average molecular weight is 455 g/mol. The van der Waals surface area contributed by atoms with E-state index in [0.29, 0.717) is 30.2 Å². The van der Waals surface area contributed by atoms with Crippen LogP contribution in [0.4, 0.5) is 10.5 Å². The number of para-hydroxylation sites is 2. The first-order valence-electron chi connectivity index (χ1n) is 11.3. The zero-order valence-corrected chi connectivity index (χ0v) is 19.0. The number of carbonyl (C=O) groups excluding carboxylic acids is 2. The van der Waals surface area contributed by atoms with Crippen molar-refractivity contribution in [1.29, 1.82) is 0 Å². The number of urea groups is 1. The van der Waals surface area contributed by atoms with Gasteiger partial charge < -0.3 is 29.4 Å². The third kappa shape index (κ3) is 5.14. The zero-order valence-electron chi connectivity index (χ0n) is 19.0. The minimum absolute atomic E-state index is 0.242. The number of nitrogens with zero attached hydrogens (tertiary/aromatic N) is 2. The molecule has 0 aliphatic carbocycles. The van der Waals surface area contributed by atoms with Crippen LogP contribution in [0.1, 0.15) is 25.6 Å². The topological polar surface area (TPSA) is 96.3 Å². The number of furan rings is 1. The Kier molecular flexibility index (Phi) is 7.19. The van der Waals surface area contributed by atoms with E-state index in [1.165, 1.54) is 6.26 Å². The Morgan fingerprint density at radius 2 is 1.88 bits per heavy atom. The molecule has 1 atom stereocenters. The number of anilines is 1. The molecule has 9 nitrogen and oxygen atoms in total. The van der Waals surface area contributed by atoms with Gasteiger partial charge in [0.05, 0.1) is 30.7 Å². The highest BCUT2D eigenvalue weighted by atomic mass is 16.5. The van der Waals surface area contributed by atoms with Crippen LogP contribution in [0.3, 0.4) is 0 Å². The van der Waals surface area contributed by atoms with Crippen LogP contribution in [0.2, 0.25) is 0 Å². The summed E-state index contributed by atoms with van der Waals surface area (Å²) in [5, 5.41) is 5.60. The fourth-order valence-electron chi connectivity index (χ4n) is 4.23. The van der Waals surface area contributed by atoms with Crippen molar-refractivity contribution in [3.8, 4) is 5.75 Å². The molecule has 1 saturated heterocycles. The molecular formula is C24H30N4O5. The number of nitrogens with one attached hydrogen (secondary N) is 2. The molecule has 0 spiro atoms. The van der Waals surface area contributed by atoms with Crippen LogP contribution in [0.25, 0.3) is 0 Å². The highest BCUT2D eigenvalue weighted by molar-refractivity contribution is 5.95. The molecule has 2 N–H and O–H groups in total. The van der Waals surface area contributed by atoms with E-state index in [0.717, 1.165) is 37.6 Å². The fraction of sp³-hybridized carbons (Fsp3) is 0.417. The van der Waals surface area contributed by atoms with Crippen LogP contribution in [0, 0.1) is 0 Å². The van der Waals surface area contributed by atoms with Gasteiger partial charge in [0.1, 0.15) is 17.6 Å². The summed E-state index contributed by atoms with van der Waals surface area (Å²) in [4.78, 5) is 29.8. The molecule has 2 aliphatic rings. The largest absolute Gasteiger partial charge is 0.492 e. The molecule has 0 unspecified atom stereocenters. The molecule has 0 saturated carbocycles. The number of hydrogen-bond acceptors (Lipinski definition) is 7. The lowest BCUT2D eigenvalue weighted by molar-refractivity contribution is -0.139. The molecule has 2 aromatic rings. The Morgan fingerprint density at radius 1 is 1.09 bits per heavy atom. The molecule has 3 heterocycles. The van der Waals surface area contributed by atoms with Gasteiger partial charge in [0.15, 0.2) is 0 Å². The van der Waals surface area contributed by atoms with E-state index in [2.05, 4.69) is 26.5 Å². The van der Waals surface area contributed by atoms with Gasteiger partial charge in [-0.25, -0.2) is 9.59 Å². The van der Waals surface area contributed by atoms with Crippen molar-refractivity contribution < 1.29 is 23.5 Å². The van der Waals surface area contributed by atoms with E-state index < -0.39 is 12.0 Å². The fourth-order valence-corrected chi connectivity index (χ4v) is 4.23. The number of carbonyl (C=O) groups is 2. The Hall–Kier alpha value is -3.46. The van der Waals surface area contributed by atoms with Gasteiger partial charge in [0.25, 0.3) is 0 Å². The second kappa shape index (κ2) is 10.4. The lowest BCUT2D eigenvalue weighted by atomic mass is 9.99. The van der Waals surface area contributed by atoms with Crippen LogP contribution in [-0.2, 0) is 9.53 Å². The minimum Gasteiger partial charge on any atom is -0.492 e.